The van der Waals surface area contributed by atoms with Gasteiger partial charge in [-0.15, -0.1) is 23.1 Å². The molecule has 0 aliphatic carbocycles. The molecule has 42 nitrogen and oxygen atoms in total. The predicted octanol–water partition coefficient (Wildman–Crippen LogP) is -2.09. The summed E-state index contributed by atoms with van der Waals surface area (Å²) in [6.07, 6.45) is 1.32. The minimum atomic E-state index is -1.91. The number of carbonyl (C=O) groups excluding carboxylic acids is 17. The largest absolute Gasteiger partial charge is 0.508 e. The van der Waals surface area contributed by atoms with Crippen molar-refractivity contribution in [2.75, 3.05) is 58.4 Å². The number of carboxylic acid groups (broad SMARTS) is 1. The average Bonchev–Trinajstić information content (AvgIpc) is 1.64. The minimum Gasteiger partial charge on any atom is -0.508 e. The van der Waals surface area contributed by atoms with E-state index in [1.165, 1.54) is 74.0 Å². The summed E-state index contributed by atoms with van der Waals surface area (Å²) in [7, 11) is 2.70. The molecule has 4 aliphatic heterocycles. The zero-order valence-corrected chi connectivity index (χ0v) is 76.2. The fraction of sp³-hybridized carbons (Fsp3) is 0.517. The lowest BCUT2D eigenvalue weighted by Crippen LogP contribution is -2.62. The molecule has 0 unspecified atom stereocenters. The average molecular weight is 1880 g/mol. The van der Waals surface area contributed by atoms with E-state index in [-0.39, 0.29) is 75.9 Å². The molecule has 3 aromatic carbocycles. The first kappa shape index (κ1) is 102. The van der Waals surface area contributed by atoms with Gasteiger partial charge in [0.25, 0.3) is 0 Å². The first-order valence-electron chi connectivity index (χ1n) is 44.4. The van der Waals surface area contributed by atoms with Crippen molar-refractivity contribution < 1.29 is 107 Å². The van der Waals surface area contributed by atoms with Gasteiger partial charge in [0.05, 0.1) is 43.5 Å². The lowest BCUT2D eigenvalue weighted by molar-refractivity contribution is -0.149. The molecule has 20 N–H and O–H groups in total. The van der Waals surface area contributed by atoms with Crippen molar-refractivity contribution in [3.8, 4) is 5.75 Å². The minimum absolute atomic E-state index is 0.0103. The number of aliphatic hydroxyl groups excluding tert-OH is 2. The molecule has 3 aromatic heterocycles. The summed E-state index contributed by atoms with van der Waals surface area (Å²) in [6, 6.07) is -2.53. The van der Waals surface area contributed by atoms with Crippen LogP contribution in [-0.2, 0) is 112 Å². The quantitative estimate of drug-likeness (QED) is 0.0327. The molecule has 4 fully saturated rings. The van der Waals surface area contributed by atoms with Crippen molar-refractivity contribution in [2.45, 2.75) is 233 Å². The van der Waals surface area contributed by atoms with E-state index in [2.05, 4.69) is 68.1 Å². The molecule has 0 spiro atoms. The van der Waals surface area contributed by atoms with Crippen LogP contribution in [0.3, 0.4) is 0 Å². The number of phenols is 1. The van der Waals surface area contributed by atoms with Gasteiger partial charge in [0.1, 0.15) is 90.3 Å². The number of piperidine rings is 1. The molecule has 4 aliphatic rings. The number of nitrogens with one attached hydrogen (secondary N) is 12. The van der Waals surface area contributed by atoms with Crippen molar-refractivity contribution in [3.05, 3.63) is 119 Å². The van der Waals surface area contributed by atoms with E-state index >= 15 is 38.4 Å². The molecule has 0 radical (unpaired) electrons. The number of amides is 17. The number of aromatic nitrogens is 3. The van der Waals surface area contributed by atoms with Gasteiger partial charge in [0, 0.05) is 106 Å². The van der Waals surface area contributed by atoms with Crippen LogP contribution >= 0.6 is 23.1 Å². The fourth-order valence-corrected chi connectivity index (χ4v) is 18.7. The predicted molar refractivity (Wildman–Crippen MR) is 484 cm³/mol. The molecule has 0 saturated carbocycles. The Hall–Kier alpha value is -13.1. The van der Waals surface area contributed by atoms with Gasteiger partial charge in [-0.1, -0.05) is 88.1 Å². The van der Waals surface area contributed by atoms with Gasteiger partial charge < -0.3 is 120 Å². The number of carboxylic acids is 1. The van der Waals surface area contributed by atoms with Crippen LogP contribution in [0, 0.1) is 0 Å². The highest BCUT2D eigenvalue weighted by Crippen LogP contribution is 2.31. The van der Waals surface area contributed by atoms with Crippen molar-refractivity contribution in [1.29, 1.82) is 0 Å². The molecule has 10 rings (SSSR count). The van der Waals surface area contributed by atoms with Crippen LogP contribution in [0.4, 0.5) is 0 Å². The number of nitrogens with zero attached hydrogens (tertiary/aromatic N) is 6. The van der Waals surface area contributed by atoms with Gasteiger partial charge in [-0.05, 0) is 110 Å². The second kappa shape index (κ2) is 48.3. The molecule has 718 valence electrons. The number of para-hydroxylation sites is 1. The standard InChI is InChI=1S/C89H118N20O22S2/c1-6-8-20-66-81(123)96-48(3)76(118)104-65(77(119)94-41-73(91)114)45-132-46-74(115)97-61(33-49-25-27-53(111)28-26-49)87(129)107-31-15-14-22-67(107)83(125)102-63(38-75(116)117)88(130)108-32-16-23-68(108)82(124)100-60(36-52-40-92-47-95-52)79(121)98-58(29-30-72(90)113)86(128)109-42-54(112)37-70(109)84(126)99-59(34-50-39-93-57-19-12-10-17-55(50)57)78(120)103-64(43-110)80(122)101-62(35-51-44-133-71-24-13-11-18-56(51)71)85(127)106(5)69(21-9-7-2)89(131)105(66)4/h10-13,17-19,24-28,39-40,44,47-48,54,58-70,93,110-112H,6-9,14-16,20-23,29-38,41-43,45-46H2,1-5H3,(H2,90,113)(H2,91,114)(H,92,95)(H,94,119)(H,96,123)(H,97,115)(H,98,121)(H,99,126)(H,100,124)(H,101,122)(H,102,125)(H,103,120)(H,104,118)(H,116,117)/t48-,54+,58-,59-,60-,61+,62-,63-,64-,65-,66-,67-,68-,69-,70-/m0/s1. The number of fused-ring (bicyclic) bond motifs is 5. The van der Waals surface area contributed by atoms with E-state index < -0.39 is 260 Å². The number of phenolic OH excluding ortho intramolecular Hbond substituents is 1. The number of thiophene rings is 1. The van der Waals surface area contributed by atoms with Crippen LogP contribution in [0.25, 0.3) is 21.0 Å². The summed E-state index contributed by atoms with van der Waals surface area (Å²) < 4.78 is 0.808. The van der Waals surface area contributed by atoms with Gasteiger partial charge in [0.15, 0.2) is 0 Å². The Morgan fingerprint density at radius 1 is 0.549 bits per heavy atom. The topological polar surface area (TPSA) is 621 Å². The summed E-state index contributed by atoms with van der Waals surface area (Å²) >= 11 is 2.13. The third-order valence-electron chi connectivity index (χ3n) is 24.1. The summed E-state index contributed by atoms with van der Waals surface area (Å²) in [5, 5.41) is 72.3. The van der Waals surface area contributed by atoms with Crippen LogP contribution in [-0.4, -0.2) is 315 Å². The van der Waals surface area contributed by atoms with Gasteiger partial charge in [-0.3, -0.25) is 86.3 Å². The highest BCUT2D eigenvalue weighted by Gasteiger charge is 2.47. The number of primary amides is 2. The number of imidazole rings is 1. The van der Waals surface area contributed by atoms with Crippen LogP contribution in [0.15, 0.2) is 96.9 Å². The van der Waals surface area contributed by atoms with Crippen molar-refractivity contribution in [1.82, 2.24) is 92.6 Å². The number of likely N-dealkylation sites (N-methyl/N-ethyl adjacent to an activating group) is 2. The third kappa shape index (κ3) is 27.5. The number of nitrogens with two attached hydrogens (primary N) is 2. The number of unbranched alkanes of at least 4 members (excludes halogenated alkanes) is 2. The summed E-state index contributed by atoms with van der Waals surface area (Å²) in [4.78, 5) is 277. The zero-order chi connectivity index (χ0) is 96.4. The maximum Gasteiger partial charge on any atom is 0.305 e. The summed E-state index contributed by atoms with van der Waals surface area (Å²) in [5.74, 6) is -19.0. The van der Waals surface area contributed by atoms with E-state index in [4.69, 9.17) is 11.5 Å². The lowest BCUT2D eigenvalue weighted by atomic mass is 9.97. The molecule has 0 bridgehead atoms. The molecule has 7 heterocycles. The maximum atomic E-state index is 15.6. The van der Waals surface area contributed by atoms with Crippen LogP contribution in [0.5, 0.6) is 5.75 Å². The van der Waals surface area contributed by atoms with Gasteiger partial charge in [-0.25, -0.2) is 4.98 Å². The van der Waals surface area contributed by atoms with E-state index in [9.17, 15) is 68.4 Å². The highest BCUT2D eigenvalue weighted by molar-refractivity contribution is 8.00. The summed E-state index contributed by atoms with van der Waals surface area (Å²) in [6.45, 7) is 2.31. The Balaban J connectivity index is 1.01. The number of aromatic hydroxyl groups is 1. The number of carbonyl (C=O) groups is 18. The number of benzene rings is 3. The monoisotopic (exact) mass is 1880 g/mol. The SMILES string of the molecule is CCCC[C@H]1C(=O)N(C)[C@@H](CCCC)C(=O)N[C@@H](C)C(=O)N[C@H](C(=O)NCC(N)=O)CSCC(=O)N[C@H](Cc2ccc(O)cc2)C(=O)N2CCCC[C@H]2C(=O)N[C@@H](CC(=O)O)C(=O)N2CCC[C@H]2C(=O)N[C@@H](Cc2c[nH]cn2)C(=O)N[C@@H](CCC(N)=O)C(=O)N2C[C@H](O)C[C@H]2C(=O)N[C@@H](Cc2c[nH]c3ccccc23)C(=O)N[C@@H](CO)C(=O)N[C@@H](Cc2csc3ccccc23)C(=O)N1C. The Kier molecular flexibility index (Phi) is 37.1. The van der Waals surface area contributed by atoms with Crippen molar-refractivity contribution >= 4 is 150 Å². The second-order valence-electron chi connectivity index (χ2n) is 33.8. The van der Waals surface area contributed by atoms with Crippen molar-refractivity contribution in [2.24, 2.45) is 11.5 Å². The number of H-pyrrole nitrogens is 2. The van der Waals surface area contributed by atoms with Crippen LogP contribution in [0.2, 0.25) is 0 Å². The summed E-state index contributed by atoms with van der Waals surface area (Å²) in [5.41, 5.74) is 13.3. The van der Waals surface area contributed by atoms with Gasteiger partial charge in [0.2, 0.25) is 100 Å². The molecule has 44 heteroatoms. The smallest absolute Gasteiger partial charge is 0.305 e. The van der Waals surface area contributed by atoms with Crippen molar-refractivity contribution in [3.63, 3.8) is 0 Å². The first-order valence-corrected chi connectivity index (χ1v) is 46.5. The molecule has 133 heavy (non-hydrogen) atoms. The van der Waals surface area contributed by atoms with Crippen LogP contribution in [0.1, 0.15) is 139 Å². The Labute approximate surface area is 774 Å². The molecular weight excluding hydrogens is 1770 g/mol. The maximum absolute atomic E-state index is 15.6. The number of aliphatic carboxylic acids is 1. The number of aliphatic hydroxyl groups is 2. The first-order chi connectivity index (χ1) is 63.6. The number of thioether (sulfide) groups is 1. The van der Waals surface area contributed by atoms with Gasteiger partial charge >= 0.3 is 5.97 Å². The molecule has 4 saturated heterocycles. The number of hydrogen-bond donors (Lipinski definition) is 18. The second-order valence-corrected chi connectivity index (χ2v) is 35.7. The number of hydrogen-bond acceptors (Lipinski definition) is 24. The van der Waals surface area contributed by atoms with E-state index in [0.717, 1.165) is 36.1 Å². The number of aromatic amines is 2. The third-order valence-corrected chi connectivity index (χ3v) is 26.1. The normalized spacial score (nSPS) is 25.4. The highest BCUT2D eigenvalue weighted by atomic mass is 32.2. The Bertz CT molecular complexity index is 5210. The molecule has 15 atom stereocenters. The van der Waals surface area contributed by atoms with E-state index in [1.54, 1.807) is 48.0 Å². The Morgan fingerprint density at radius 3 is 1.77 bits per heavy atom. The molecule has 17 amide bonds. The zero-order valence-electron chi connectivity index (χ0n) is 74.6. The van der Waals surface area contributed by atoms with E-state index in [1.807, 2.05) is 26.0 Å². The van der Waals surface area contributed by atoms with E-state index in [0.29, 0.717) is 71.5 Å². The van der Waals surface area contributed by atoms with Crippen LogP contribution < -0.4 is 64.6 Å². The Morgan fingerprint density at radius 2 is 1.12 bits per heavy atom. The number of rotatable bonds is 23. The lowest BCUT2D eigenvalue weighted by Gasteiger charge is -2.38. The molecular formula is C89H118N20O22S2. The fourth-order valence-electron chi connectivity index (χ4n) is 16.9. The molecule has 6 aromatic rings. The van der Waals surface area contributed by atoms with Gasteiger partial charge in [-0.2, -0.15) is 0 Å².